The fourth-order valence-electron chi connectivity index (χ4n) is 1.64. The van der Waals surface area contributed by atoms with E-state index >= 15 is 0 Å². The molecule has 0 radical (unpaired) electrons. The van der Waals surface area contributed by atoms with Gasteiger partial charge in [0.25, 0.3) is 0 Å². The Morgan fingerprint density at radius 2 is 2.25 bits per heavy atom. The van der Waals surface area contributed by atoms with E-state index in [4.69, 9.17) is 0 Å². The van der Waals surface area contributed by atoms with Gasteiger partial charge in [0.05, 0.1) is 10.6 Å². The molecule has 1 amide bonds. The predicted molar refractivity (Wildman–Crippen MR) is 66.0 cm³/mol. The van der Waals surface area contributed by atoms with Crippen molar-refractivity contribution in [2.24, 2.45) is 0 Å². The van der Waals surface area contributed by atoms with Crippen LogP contribution in [0, 0.1) is 0 Å². The molecular formula is C9H17BrN2O3S. The van der Waals surface area contributed by atoms with Crippen LogP contribution in [-0.2, 0) is 14.8 Å². The Kier molecular flexibility index (Phi) is 5.20. The molecule has 0 aromatic rings. The third kappa shape index (κ3) is 4.03. The van der Waals surface area contributed by atoms with Crippen LogP contribution in [0.3, 0.4) is 0 Å². The normalized spacial score (nSPS) is 22.5. The zero-order valence-corrected chi connectivity index (χ0v) is 11.7. The van der Waals surface area contributed by atoms with Crippen molar-refractivity contribution in [3.05, 3.63) is 0 Å². The second-order valence-electron chi connectivity index (χ2n) is 3.75. The van der Waals surface area contributed by atoms with Gasteiger partial charge in [-0.3, -0.25) is 4.79 Å². The van der Waals surface area contributed by atoms with Gasteiger partial charge in [-0.25, -0.2) is 13.1 Å². The Bertz CT molecular complexity index is 345. The largest absolute Gasteiger partial charge is 0.341 e. The highest BCUT2D eigenvalue weighted by Crippen LogP contribution is 2.18. The highest BCUT2D eigenvalue weighted by atomic mass is 79.9. The van der Waals surface area contributed by atoms with E-state index in [1.807, 2.05) is 0 Å². The molecule has 1 N–H and O–H groups in total. The molecule has 1 aliphatic heterocycles. The third-order valence-corrected chi connectivity index (χ3v) is 4.76. The van der Waals surface area contributed by atoms with Gasteiger partial charge in [0, 0.05) is 19.6 Å². The van der Waals surface area contributed by atoms with Gasteiger partial charge < -0.3 is 4.90 Å². The quantitative estimate of drug-likeness (QED) is 0.743. The summed E-state index contributed by atoms with van der Waals surface area (Å²) in [5, 5.41) is 0. The lowest BCUT2D eigenvalue weighted by Crippen LogP contribution is -2.44. The van der Waals surface area contributed by atoms with Crippen molar-refractivity contribution in [2.45, 2.75) is 24.6 Å². The molecule has 94 valence electrons. The summed E-state index contributed by atoms with van der Waals surface area (Å²) in [6.07, 6.45) is 1.75. The number of rotatable bonds is 5. The van der Waals surface area contributed by atoms with E-state index in [1.54, 1.807) is 11.8 Å². The van der Waals surface area contributed by atoms with Crippen molar-refractivity contribution in [1.82, 2.24) is 9.62 Å². The van der Waals surface area contributed by atoms with E-state index < -0.39 is 10.0 Å². The van der Waals surface area contributed by atoms with Crippen LogP contribution in [0.2, 0.25) is 0 Å². The number of hydrogen-bond acceptors (Lipinski definition) is 3. The van der Waals surface area contributed by atoms with Crippen molar-refractivity contribution in [3.63, 3.8) is 0 Å². The molecule has 0 saturated carbocycles. The molecule has 1 fully saturated rings. The molecule has 1 saturated heterocycles. The minimum atomic E-state index is -3.23. The summed E-state index contributed by atoms with van der Waals surface area (Å²) in [5.41, 5.74) is 0. The van der Waals surface area contributed by atoms with Gasteiger partial charge in [0.1, 0.15) is 0 Å². The molecule has 0 spiro atoms. The number of likely N-dealkylation sites (tertiary alicyclic amines) is 1. The van der Waals surface area contributed by atoms with Crippen LogP contribution < -0.4 is 4.72 Å². The van der Waals surface area contributed by atoms with Gasteiger partial charge in [-0.05, 0) is 12.8 Å². The molecule has 0 aromatic heterocycles. The molecule has 1 atom stereocenters. The Morgan fingerprint density at radius 1 is 1.56 bits per heavy atom. The Morgan fingerprint density at radius 3 is 2.88 bits per heavy atom. The van der Waals surface area contributed by atoms with Crippen LogP contribution in [-0.4, -0.2) is 49.4 Å². The molecule has 5 nitrogen and oxygen atoms in total. The highest BCUT2D eigenvalue weighted by Gasteiger charge is 2.27. The first-order chi connectivity index (χ1) is 7.46. The summed E-state index contributed by atoms with van der Waals surface area (Å²) < 4.78 is 25.2. The molecule has 0 bridgehead atoms. The number of piperidine rings is 1. The van der Waals surface area contributed by atoms with E-state index in [1.165, 1.54) is 0 Å². The van der Waals surface area contributed by atoms with E-state index in [0.29, 0.717) is 13.1 Å². The van der Waals surface area contributed by atoms with Crippen LogP contribution in [0.15, 0.2) is 0 Å². The average Bonchev–Trinajstić information content (AvgIpc) is 2.20. The average molecular weight is 313 g/mol. The second kappa shape index (κ2) is 5.97. The fourth-order valence-corrected chi connectivity index (χ4v) is 3.30. The van der Waals surface area contributed by atoms with Crippen LogP contribution in [0.5, 0.6) is 0 Å². The van der Waals surface area contributed by atoms with Crippen LogP contribution >= 0.6 is 15.9 Å². The second-order valence-corrected chi connectivity index (χ2v) is 6.78. The summed E-state index contributed by atoms with van der Waals surface area (Å²) in [4.78, 5) is 13.1. The lowest BCUT2D eigenvalue weighted by molar-refractivity contribution is -0.132. The van der Waals surface area contributed by atoms with Gasteiger partial charge in [-0.15, -0.1) is 0 Å². The maximum Gasteiger partial charge on any atom is 0.236 e. The molecule has 1 aliphatic rings. The number of halogens is 1. The summed E-state index contributed by atoms with van der Waals surface area (Å²) in [6, 6.07) is 0. The Balaban J connectivity index is 2.46. The zero-order valence-electron chi connectivity index (χ0n) is 9.28. The van der Waals surface area contributed by atoms with E-state index in [2.05, 4.69) is 20.7 Å². The number of sulfonamides is 1. The first-order valence-corrected chi connectivity index (χ1v) is 7.93. The number of amides is 1. The molecule has 16 heavy (non-hydrogen) atoms. The van der Waals surface area contributed by atoms with Crippen molar-refractivity contribution in [3.8, 4) is 0 Å². The number of hydrogen-bond donors (Lipinski definition) is 1. The molecule has 0 aliphatic carbocycles. The van der Waals surface area contributed by atoms with Crippen LogP contribution in [0.4, 0.5) is 0 Å². The molecule has 1 rings (SSSR count). The van der Waals surface area contributed by atoms with E-state index in [9.17, 15) is 13.2 Å². The molecule has 0 aromatic carbocycles. The number of carbonyl (C=O) groups excluding carboxylic acids is 1. The first-order valence-electron chi connectivity index (χ1n) is 5.36. The lowest BCUT2D eigenvalue weighted by Gasteiger charge is -2.29. The van der Waals surface area contributed by atoms with Crippen LogP contribution in [0.25, 0.3) is 0 Å². The highest BCUT2D eigenvalue weighted by molar-refractivity contribution is 9.10. The monoisotopic (exact) mass is 312 g/mol. The summed E-state index contributed by atoms with van der Waals surface area (Å²) in [6.45, 7) is 3.05. The van der Waals surface area contributed by atoms with Gasteiger partial charge in [0.2, 0.25) is 15.9 Å². The maximum absolute atomic E-state index is 11.7. The molecule has 1 unspecified atom stereocenters. The van der Waals surface area contributed by atoms with Gasteiger partial charge in [-0.2, -0.15) is 0 Å². The van der Waals surface area contributed by atoms with Crippen molar-refractivity contribution in [2.75, 3.05) is 25.4 Å². The van der Waals surface area contributed by atoms with Crippen molar-refractivity contribution >= 4 is 31.9 Å². The number of nitrogens with one attached hydrogen (secondary N) is 1. The topological polar surface area (TPSA) is 66.5 Å². The summed E-state index contributed by atoms with van der Waals surface area (Å²) in [7, 11) is -3.23. The summed E-state index contributed by atoms with van der Waals surface area (Å²) in [5.74, 6) is -0.0234. The Hall–Kier alpha value is -0.140. The standard InChI is InChI=1S/C9H17BrN2O3S/c1-2-11-16(14,15)7-6-12-5-3-4-8(10)9(12)13/h8,11H,2-7H2,1H3. The van der Waals surface area contributed by atoms with Crippen molar-refractivity contribution < 1.29 is 13.2 Å². The molecular weight excluding hydrogens is 296 g/mol. The van der Waals surface area contributed by atoms with E-state index in [0.717, 1.165) is 12.8 Å². The van der Waals surface area contributed by atoms with Gasteiger partial charge in [-0.1, -0.05) is 22.9 Å². The van der Waals surface area contributed by atoms with Gasteiger partial charge in [0.15, 0.2) is 0 Å². The maximum atomic E-state index is 11.7. The zero-order chi connectivity index (χ0) is 12.2. The molecule has 1 heterocycles. The fraction of sp³-hybridized carbons (Fsp3) is 0.889. The lowest BCUT2D eigenvalue weighted by atomic mass is 10.1. The third-order valence-electron chi connectivity index (χ3n) is 2.46. The van der Waals surface area contributed by atoms with Crippen LogP contribution in [0.1, 0.15) is 19.8 Å². The van der Waals surface area contributed by atoms with Gasteiger partial charge >= 0.3 is 0 Å². The Labute approximate surface area is 105 Å². The minimum Gasteiger partial charge on any atom is -0.341 e. The number of carbonyl (C=O) groups is 1. The number of alkyl halides is 1. The predicted octanol–water partition coefficient (Wildman–Crippen LogP) is 0.312. The number of nitrogens with zero attached hydrogens (tertiary/aromatic N) is 1. The summed E-state index contributed by atoms with van der Waals surface area (Å²) >= 11 is 3.29. The van der Waals surface area contributed by atoms with Crippen molar-refractivity contribution in [1.29, 1.82) is 0 Å². The SMILES string of the molecule is CCNS(=O)(=O)CCN1CCCC(Br)C1=O. The first kappa shape index (κ1) is 13.9. The van der Waals surface area contributed by atoms with E-state index in [-0.39, 0.29) is 23.0 Å². The smallest absolute Gasteiger partial charge is 0.236 e. The minimum absolute atomic E-state index is 0.00190. The molecule has 7 heteroatoms.